The number of ketones is 1. The van der Waals surface area contributed by atoms with Gasteiger partial charge in [0.05, 0.1) is 6.54 Å². The fourth-order valence-electron chi connectivity index (χ4n) is 4.35. The molecule has 0 spiro atoms. The lowest BCUT2D eigenvalue weighted by atomic mass is 9.93. The van der Waals surface area contributed by atoms with Crippen LogP contribution in [-0.4, -0.2) is 23.0 Å². The summed E-state index contributed by atoms with van der Waals surface area (Å²) < 4.78 is 11.1. The zero-order chi connectivity index (χ0) is 18.6. The summed E-state index contributed by atoms with van der Waals surface area (Å²) in [4.78, 5) is 23.9. The molecular weight excluding hydrogens is 346 g/mol. The van der Waals surface area contributed by atoms with Crippen molar-refractivity contribution in [3.8, 4) is 0 Å². The number of hydrogen-bond acceptors (Lipinski definition) is 5. The molecule has 0 aliphatic heterocycles. The van der Waals surface area contributed by atoms with E-state index >= 15 is 0 Å². The van der Waals surface area contributed by atoms with Gasteiger partial charge in [-0.2, -0.15) is 0 Å². The Morgan fingerprint density at radius 3 is 2.85 bits per heavy atom. The zero-order valence-corrected chi connectivity index (χ0v) is 15.5. The standard InChI is InChI=1S/C20H27N3O4/c24-18-10-19(14-7-6-13(18)8-14)26-12-16-9-17(27-23-16)11-21-20(25)22-15-4-2-1-3-5-15/h9-10,13-15H,1-8,11-12H2,(H2,21,22,25). The van der Waals surface area contributed by atoms with E-state index < -0.39 is 0 Å². The molecule has 2 unspecified atom stereocenters. The zero-order valence-electron chi connectivity index (χ0n) is 15.5. The van der Waals surface area contributed by atoms with Crippen molar-refractivity contribution in [1.82, 2.24) is 15.8 Å². The lowest BCUT2D eigenvalue weighted by Crippen LogP contribution is -2.42. The van der Waals surface area contributed by atoms with E-state index in [9.17, 15) is 9.59 Å². The smallest absolute Gasteiger partial charge is 0.315 e. The molecule has 0 aromatic carbocycles. The van der Waals surface area contributed by atoms with E-state index in [0.717, 1.165) is 37.9 Å². The monoisotopic (exact) mass is 373 g/mol. The first-order chi connectivity index (χ1) is 13.2. The number of ether oxygens (including phenoxy) is 1. The van der Waals surface area contributed by atoms with Gasteiger partial charge in [0.15, 0.2) is 11.5 Å². The maximum Gasteiger partial charge on any atom is 0.315 e. The molecule has 27 heavy (non-hydrogen) atoms. The fourth-order valence-corrected chi connectivity index (χ4v) is 4.35. The van der Waals surface area contributed by atoms with Crippen LogP contribution in [-0.2, 0) is 22.7 Å². The molecule has 2 saturated carbocycles. The van der Waals surface area contributed by atoms with Gasteiger partial charge >= 0.3 is 6.03 Å². The number of rotatable bonds is 6. The van der Waals surface area contributed by atoms with Crippen molar-refractivity contribution in [1.29, 1.82) is 0 Å². The second-order valence-corrected chi connectivity index (χ2v) is 7.89. The lowest BCUT2D eigenvalue weighted by Gasteiger charge is -2.22. The van der Waals surface area contributed by atoms with Crippen molar-refractivity contribution in [3.05, 3.63) is 29.4 Å². The molecular formula is C20H27N3O4. The maximum atomic E-state index is 12.0. The summed E-state index contributed by atoms with van der Waals surface area (Å²) in [5.41, 5.74) is 0.660. The minimum Gasteiger partial charge on any atom is -0.491 e. The van der Waals surface area contributed by atoms with Crippen molar-refractivity contribution >= 4 is 11.8 Å². The Bertz CT molecular complexity index is 721. The average Bonchev–Trinajstić information content (AvgIpc) is 3.31. The van der Waals surface area contributed by atoms with Crippen LogP contribution in [0.2, 0.25) is 0 Å². The summed E-state index contributed by atoms with van der Waals surface area (Å²) in [5.74, 6) is 2.12. The molecule has 7 nitrogen and oxygen atoms in total. The average molecular weight is 373 g/mol. The molecule has 2 fully saturated rings. The Morgan fingerprint density at radius 1 is 1.19 bits per heavy atom. The Balaban J connectivity index is 1.22. The SMILES string of the molecule is O=C(NCc1cc(COC2=CC(=O)C3CCC2C3)no1)NC1CCCCC1. The number of aromatic nitrogens is 1. The quantitative estimate of drug-likeness (QED) is 0.799. The number of carbonyl (C=O) groups is 2. The molecule has 2 amide bonds. The highest BCUT2D eigenvalue weighted by Crippen LogP contribution is 2.41. The largest absolute Gasteiger partial charge is 0.491 e. The first kappa shape index (κ1) is 18.1. The first-order valence-electron chi connectivity index (χ1n) is 10.0. The van der Waals surface area contributed by atoms with Crippen LogP contribution in [0.5, 0.6) is 0 Å². The molecule has 3 aliphatic carbocycles. The van der Waals surface area contributed by atoms with Crippen LogP contribution in [0.3, 0.4) is 0 Å². The van der Waals surface area contributed by atoms with Gasteiger partial charge in [0.2, 0.25) is 0 Å². The van der Waals surface area contributed by atoms with Crippen LogP contribution >= 0.6 is 0 Å². The molecule has 2 bridgehead atoms. The van der Waals surface area contributed by atoms with E-state index in [4.69, 9.17) is 9.26 Å². The van der Waals surface area contributed by atoms with E-state index in [0.29, 0.717) is 17.4 Å². The third-order valence-corrected chi connectivity index (χ3v) is 5.88. The number of nitrogens with one attached hydrogen (secondary N) is 2. The summed E-state index contributed by atoms with van der Waals surface area (Å²) in [6.45, 7) is 0.565. The van der Waals surface area contributed by atoms with Gasteiger partial charge in [-0.25, -0.2) is 4.79 Å². The molecule has 146 valence electrons. The van der Waals surface area contributed by atoms with Gasteiger partial charge in [0.25, 0.3) is 0 Å². The van der Waals surface area contributed by atoms with Gasteiger partial charge in [-0.1, -0.05) is 24.4 Å². The summed E-state index contributed by atoms with van der Waals surface area (Å²) in [6, 6.07) is 1.89. The van der Waals surface area contributed by atoms with E-state index in [1.807, 2.05) is 0 Å². The van der Waals surface area contributed by atoms with Gasteiger partial charge in [-0.15, -0.1) is 0 Å². The highest BCUT2D eigenvalue weighted by molar-refractivity contribution is 5.93. The van der Waals surface area contributed by atoms with Gasteiger partial charge in [-0.05, 0) is 32.1 Å². The Labute approximate surface area is 158 Å². The molecule has 2 atom stereocenters. The van der Waals surface area contributed by atoms with E-state index in [-0.39, 0.29) is 36.9 Å². The van der Waals surface area contributed by atoms with E-state index in [2.05, 4.69) is 15.8 Å². The molecule has 2 N–H and O–H groups in total. The molecule has 0 radical (unpaired) electrons. The number of nitrogens with zero attached hydrogens (tertiary/aromatic N) is 1. The van der Waals surface area contributed by atoms with Crippen LogP contribution in [0.25, 0.3) is 0 Å². The van der Waals surface area contributed by atoms with Crippen LogP contribution in [0.4, 0.5) is 4.79 Å². The van der Waals surface area contributed by atoms with Crippen molar-refractivity contribution in [2.24, 2.45) is 11.8 Å². The predicted molar refractivity (Wildman–Crippen MR) is 97.5 cm³/mol. The Hall–Kier alpha value is -2.31. The highest BCUT2D eigenvalue weighted by Gasteiger charge is 2.36. The minimum absolute atomic E-state index is 0.169. The van der Waals surface area contributed by atoms with Crippen LogP contribution in [0, 0.1) is 11.8 Å². The van der Waals surface area contributed by atoms with Gasteiger partial charge in [0.1, 0.15) is 18.1 Å². The number of amides is 2. The molecule has 1 heterocycles. The van der Waals surface area contributed by atoms with Crippen LogP contribution < -0.4 is 10.6 Å². The third-order valence-electron chi connectivity index (χ3n) is 5.88. The summed E-state index contributed by atoms with van der Waals surface area (Å²) >= 11 is 0. The third kappa shape index (κ3) is 4.51. The highest BCUT2D eigenvalue weighted by atomic mass is 16.5. The minimum atomic E-state index is -0.169. The first-order valence-corrected chi connectivity index (χ1v) is 10.0. The molecule has 3 aliphatic rings. The maximum absolute atomic E-state index is 12.0. The van der Waals surface area contributed by atoms with Gasteiger partial charge in [0, 0.05) is 30.0 Å². The van der Waals surface area contributed by atoms with Crippen LogP contribution in [0.1, 0.15) is 62.8 Å². The number of allylic oxidation sites excluding steroid dienone is 2. The fraction of sp³-hybridized carbons (Fsp3) is 0.650. The second kappa shape index (κ2) is 8.15. The summed E-state index contributed by atoms with van der Waals surface area (Å²) in [6.07, 6.45) is 10.3. The van der Waals surface area contributed by atoms with Crippen molar-refractivity contribution in [2.75, 3.05) is 0 Å². The normalized spacial score (nSPS) is 25.2. The van der Waals surface area contributed by atoms with E-state index in [1.54, 1.807) is 12.1 Å². The van der Waals surface area contributed by atoms with Crippen molar-refractivity contribution < 1.29 is 18.8 Å². The predicted octanol–water partition coefficient (Wildman–Crippen LogP) is 3.21. The summed E-state index contributed by atoms with van der Waals surface area (Å²) in [5, 5.41) is 9.81. The Kier molecular flexibility index (Phi) is 5.45. The van der Waals surface area contributed by atoms with Crippen molar-refractivity contribution in [2.45, 2.75) is 70.6 Å². The lowest BCUT2D eigenvalue weighted by molar-refractivity contribution is -0.118. The molecule has 0 saturated heterocycles. The van der Waals surface area contributed by atoms with Gasteiger partial charge < -0.3 is 19.9 Å². The number of fused-ring (bicyclic) bond motifs is 2. The van der Waals surface area contributed by atoms with E-state index in [1.165, 1.54) is 19.3 Å². The molecule has 1 aromatic heterocycles. The topological polar surface area (TPSA) is 93.5 Å². The molecule has 1 aromatic rings. The second-order valence-electron chi connectivity index (χ2n) is 7.89. The number of carbonyl (C=O) groups excluding carboxylic acids is 2. The number of urea groups is 1. The molecule has 4 rings (SSSR count). The number of hydrogen-bond donors (Lipinski definition) is 2. The van der Waals surface area contributed by atoms with Crippen LogP contribution in [0.15, 0.2) is 22.4 Å². The summed E-state index contributed by atoms with van der Waals surface area (Å²) in [7, 11) is 0. The molecule has 7 heteroatoms. The van der Waals surface area contributed by atoms with Crippen molar-refractivity contribution in [3.63, 3.8) is 0 Å². The Morgan fingerprint density at radius 2 is 2.00 bits per heavy atom. The van der Waals surface area contributed by atoms with Gasteiger partial charge in [-0.3, -0.25) is 4.79 Å².